The fourth-order valence-electron chi connectivity index (χ4n) is 1.70. The Labute approximate surface area is 115 Å². The van der Waals surface area contributed by atoms with Crippen LogP contribution in [0.2, 0.25) is 0 Å². The molecule has 1 amide bonds. The number of aromatic nitrogens is 1. The molecule has 100 valence electrons. The van der Waals surface area contributed by atoms with Gasteiger partial charge in [-0.1, -0.05) is 18.2 Å². The number of hydrogen-bond donors (Lipinski definition) is 1. The quantitative estimate of drug-likeness (QED) is 0.924. The number of carbonyl (C=O) groups excluding carboxylic acids is 1. The van der Waals surface area contributed by atoms with Crippen molar-refractivity contribution in [3.05, 3.63) is 65.2 Å². The molecule has 20 heavy (non-hydrogen) atoms. The van der Waals surface area contributed by atoms with Crippen LogP contribution in [0.5, 0.6) is 0 Å². The van der Waals surface area contributed by atoms with Crippen molar-refractivity contribution >= 4 is 5.91 Å². The number of nitrogens with one attached hydrogen (secondary N) is 1. The number of amides is 1. The van der Waals surface area contributed by atoms with Crippen molar-refractivity contribution in [2.24, 2.45) is 0 Å². The van der Waals surface area contributed by atoms with E-state index in [1.807, 2.05) is 6.07 Å². The van der Waals surface area contributed by atoms with Gasteiger partial charge in [-0.2, -0.15) is 5.26 Å². The summed E-state index contributed by atoms with van der Waals surface area (Å²) in [6.07, 6.45) is 1.75. The molecule has 0 spiro atoms. The minimum atomic E-state index is -0.342. The minimum absolute atomic E-state index is 0.234. The summed E-state index contributed by atoms with van der Waals surface area (Å²) < 4.78 is 13.4. The van der Waals surface area contributed by atoms with Crippen LogP contribution in [-0.2, 0) is 6.42 Å². The topological polar surface area (TPSA) is 65.8 Å². The number of benzene rings is 1. The summed E-state index contributed by atoms with van der Waals surface area (Å²) in [5, 5.41) is 11.3. The van der Waals surface area contributed by atoms with Crippen molar-refractivity contribution in [3.8, 4) is 6.07 Å². The van der Waals surface area contributed by atoms with Crippen molar-refractivity contribution in [2.75, 3.05) is 6.54 Å². The minimum Gasteiger partial charge on any atom is -0.350 e. The summed E-state index contributed by atoms with van der Waals surface area (Å²) in [4.78, 5) is 15.7. The van der Waals surface area contributed by atoms with E-state index >= 15 is 0 Å². The van der Waals surface area contributed by atoms with Crippen LogP contribution in [0.1, 0.15) is 21.6 Å². The van der Waals surface area contributed by atoms with E-state index in [0.29, 0.717) is 24.1 Å². The first-order valence-corrected chi connectivity index (χ1v) is 6.08. The number of nitrogens with zero attached hydrogens (tertiary/aromatic N) is 2. The molecule has 0 fully saturated rings. The third-order valence-corrected chi connectivity index (χ3v) is 2.76. The van der Waals surface area contributed by atoms with E-state index in [-0.39, 0.29) is 17.4 Å². The number of rotatable bonds is 4. The van der Waals surface area contributed by atoms with E-state index < -0.39 is 0 Å². The van der Waals surface area contributed by atoms with Gasteiger partial charge in [-0.15, -0.1) is 0 Å². The SMILES string of the molecule is N#Cc1ccc(C(=O)NCCc2ccccc2F)nc1. The molecule has 0 saturated carbocycles. The summed E-state index contributed by atoms with van der Waals surface area (Å²) in [5.74, 6) is -0.621. The van der Waals surface area contributed by atoms with Gasteiger partial charge >= 0.3 is 0 Å². The first-order valence-electron chi connectivity index (χ1n) is 6.08. The maximum absolute atomic E-state index is 13.4. The first kappa shape index (κ1) is 13.7. The normalized spacial score (nSPS) is 9.80. The van der Waals surface area contributed by atoms with Crippen molar-refractivity contribution in [1.29, 1.82) is 5.26 Å². The van der Waals surface area contributed by atoms with Gasteiger partial charge in [0.05, 0.1) is 5.56 Å². The van der Waals surface area contributed by atoms with Gasteiger partial charge in [0.25, 0.3) is 5.91 Å². The second kappa shape index (κ2) is 6.43. The van der Waals surface area contributed by atoms with Crippen LogP contribution in [0.25, 0.3) is 0 Å². The second-order valence-corrected chi connectivity index (χ2v) is 4.14. The second-order valence-electron chi connectivity index (χ2n) is 4.14. The molecule has 5 heteroatoms. The van der Waals surface area contributed by atoms with Gasteiger partial charge in [0.1, 0.15) is 17.6 Å². The molecule has 2 aromatic rings. The van der Waals surface area contributed by atoms with E-state index in [2.05, 4.69) is 10.3 Å². The Bertz CT molecular complexity index is 647. The highest BCUT2D eigenvalue weighted by Gasteiger charge is 2.07. The highest BCUT2D eigenvalue weighted by Crippen LogP contribution is 2.06. The molecule has 1 heterocycles. The molecule has 4 nitrogen and oxygen atoms in total. The molecule has 0 saturated heterocycles. The van der Waals surface area contributed by atoms with E-state index in [4.69, 9.17) is 5.26 Å². The fraction of sp³-hybridized carbons (Fsp3) is 0.133. The molecular formula is C15H12FN3O. The number of carbonyl (C=O) groups is 1. The average molecular weight is 269 g/mol. The zero-order chi connectivity index (χ0) is 14.4. The molecule has 1 aromatic carbocycles. The Kier molecular flexibility index (Phi) is 4.40. The zero-order valence-corrected chi connectivity index (χ0v) is 10.6. The van der Waals surface area contributed by atoms with Crippen LogP contribution in [0.3, 0.4) is 0 Å². The van der Waals surface area contributed by atoms with Crippen molar-refractivity contribution in [3.63, 3.8) is 0 Å². The fourth-order valence-corrected chi connectivity index (χ4v) is 1.70. The van der Waals surface area contributed by atoms with Crippen LogP contribution < -0.4 is 5.32 Å². The molecular weight excluding hydrogens is 257 g/mol. The summed E-state index contributed by atoms with van der Waals surface area (Å²) >= 11 is 0. The maximum Gasteiger partial charge on any atom is 0.269 e. The lowest BCUT2D eigenvalue weighted by atomic mass is 10.1. The van der Waals surface area contributed by atoms with Crippen LogP contribution in [0.15, 0.2) is 42.6 Å². The van der Waals surface area contributed by atoms with Crippen molar-refractivity contribution in [2.45, 2.75) is 6.42 Å². The molecule has 0 atom stereocenters. The van der Waals surface area contributed by atoms with Crippen LogP contribution in [0.4, 0.5) is 4.39 Å². The lowest BCUT2D eigenvalue weighted by molar-refractivity contribution is 0.0949. The van der Waals surface area contributed by atoms with E-state index in [0.717, 1.165) is 0 Å². The van der Waals surface area contributed by atoms with Gasteiger partial charge < -0.3 is 5.32 Å². The van der Waals surface area contributed by atoms with Crippen LogP contribution in [-0.4, -0.2) is 17.4 Å². The lowest BCUT2D eigenvalue weighted by Crippen LogP contribution is -2.26. The molecule has 1 N–H and O–H groups in total. The van der Waals surface area contributed by atoms with Gasteiger partial charge in [0, 0.05) is 12.7 Å². The third-order valence-electron chi connectivity index (χ3n) is 2.76. The Balaban J connectivity index is 1.89. The van der Waals surface area contributed by atoms with E-state index in [9.17, 15) is 9.18 Å². The molecule has 0 radical (unpaired) electrons. The largest absolute Gasteiger partial charge is 0.350 e. The molecule has 0 aliphatic heterocycles. The zero-order valence-electron chi connectivity index (χ0n) is 10.6. The number of pyridine rings is 1. The molecule has 2 rings (SSSR count). The summed E-state index contributed by atoms with van der Waals surface area (Å²) in [6, 6.07) is 11.4. The summed E-state index contributed by atoms with van der Waals surface area (Å²) in [7, 11) is 0. The predicted molar refractivity (Wildman–Crippen MR) is 71.4 cm³/mol. The number of halogens is 1. The predicted octanol–water partition coefficient (Wildman–Crippen LogP) is 2.06. The Morgan fingerprint density at radius 3 is 2.75 bits per heavy atom. The third kappa shape index (κ3) is 3.39. The summed E-state index contributed by atoms with van der Waals surface area (Å²) in [6.45, 7) is 0.321. The molecule has 0 aliphatic rings. The lowest BCUT2D eigenvalue weighted by Gasteiger charge is -2.05. The van der Waals surface area contributed by atoms with E-state index in [1.165, 1.54) is 24.4 Å². The van der Waals surface area contributed by atoms with Gasteiger partial charge in [-0.3, -0.25) is 4.79 Å². The average Bonchev–Trinajstić information content (AvgIpc) is 2.49. The summed E-state index contributed by atoms with van der Waals surface area (Å²) in [5.41, 5.74) is 1.19. The molecule has 1 aromatic heterocycles. The number of nitriles is 1. The highest BCUT2D eigenvalue weighted by atomic mass is 19.1. The number of hydrogen-bond acceptors (Lipinski definition) is 3. The van der Waals surface area contributed by atoms with Crippen LogP contribution in [0, 0.1) is 17.1 Å². The molecule has 0 unspecified atom stereocenters. The Hall–Kier alpha value is -2.74. The Morgan fingerprint density at radius 1 is 1.30 bits per heavy atom. The van der Waals surface area contributed by atoms with Crippen molar-refractivity contribution in [1.82, 2.24) is 10.3 Å². The van der Waals surface area contributed by atoms with Gasteiger partial charge in [0.2, 0.25) is 0 Å². The Morgan fingerprint density at radius 2 is 2.10 bits per heavy atom. The molecule has 0 aliphatic carbocycles. The maximum atomic E-state index is 13.4. The van der Waals surface area contributed by atoms with E-state index in [1.54, 1.807) is 18.2 Å². The van der Waals surface area contributed by atoms with Crippen molar-refractivity contribution < 1.29 is 9.18 Å². The standard InChI is InChI=1S/C15H12FN3O/c16-13-4-2-1-3-12(13)7-8-18-15(20)14-6-5-11(9-17)10-19-14/h1-6,10H,7-8H2,(H,18,20). The van der Waals surface area contributed by atoms with Gasteiger partial charge in [-0.25, -0.2) is 9.37 Å². The smallest absolute Gasteiger partial charge is 0.269 e. The van der Waals surface area contributed by atoms with Gasteiger partial charge in [0.15, 0.2) is 0 Å². The highest BCUT2D eigenvalue weighted by molar-refractivity contribution is 5.92. The first-order chi connectivity index (χ1) is 9.70. The monoisotopic (exact) mass is 269 g/mol. The van der Waals surface area contributed by atoms with Crippen LogP contribution >= 0.6 is 0 Å². The molecule has 0 bridgehead atoms. The van der Waals surface area contributed by atoms with Gasteiger partial charge in [-0.05, 0) is 30.2 Å².